The highest BCUT2D eigenvalue weighted by Crippen LogP contribution is 2.43. The number of nitrogens with one attached hydrogen (secondary N) is 1. The van der Waals surface area contributed by atoms with Crippen LogP contribution < -0.4 is 10.1 Å². The highest BCUT2D eigenvalue weighted by atomic mass is 16.5. The van der Waals surface area contributed by atoms with Gasteiger partial charge >= 0.3 is 0 Å². The zero-order valence-corrected chi connectivity index (χ0v) is 11.9. The molecule has 3 N–H and O–H groups in total. The van der Waals surface area contributed by atoms with Gasteiger partial charge in [-0.2, -0.15) is 0 Å². The van der Waals surface area contributed by atoms with E-state index in [9.17, 15) is 10.2 Å². The molecule has 1 aliphatic rings. The van der Waals surface area contributed by atoms with E-state index >= 15 is 0 Å². The summed E-state index contributed by atoms with van der Waals surface area (Å²) in [5, 5.41) is 22.5. The van der Waals surface area contributed by atoms with Crippen LogP contribution in [0.3, 0.4) is 0 Å². The van der Waals surface area contributed by atoms with Gasteiger partial charge in [-0.1, -0.05) is 36.4 Å². The van der Waals surface area contributed by atoms with Crippen LogP contribution in [0.1, 0.15) is 24.1 Å². The molecule has 0 radical (unpaired) electrons. The van der Waals surface area contributed by atoms with Crippen molar-refractivity contribution in [2.45, 2.75) is 18.5 Å². The Hall–Kier alpha value is -1.88. The van der Waals surface area contributed by atoms with Crippen molar-refractivity contribution in [2.24, 2.45) is 0 Å². The Labute approximate surface area is 124 Å². The Kier molecular flexibility index (Phi) is 3.68. The Morgan fingerprint density at radius 3 is 1.90 bits per heavy atom. The molecule has 0 bridgehead atoms. The molecule has 0 saturated carbocycles. The van der Waals surface area contributed by atoms with Crippen molar-refractivity contribution in [3.8, 4) is 11.5 Å². The maximum Gasteiger partial charge on any atom is 0.132 e. The SMILES string of the molecule is CC(CO)(CO)NC1c2ccccc2Oc2ccccc21. The molecule has 4 heteroatoms. The quantitative estimate of drug-likeness (QED) is 0.806. The maximum absolute atomic E-state index is 9.56. The van der Waals surface area contributed by atoms with Crippen molar-refractivity contribution in [3.63, 3.8) is 0 Å². The van der Waals surface area contributed by atoms with E-state index in [1.54, 1.807) is 6.92 Å². The van der Waals surface area contributed by atoms with E-state index in [1.165, 1.54) is 0 Å². The van der Waals surface area contributed by atoms with E-state index in [2.05, 4.69) is 5.32 Å². The summed E-state index contributed by atoms with van der Waals surface area (Å²) in [6.07, 6.45) is 0. The van der Waals surface area contributed by atoms with Gasteiger partial charge < -0.3 is 14.9 Å². The summed E-state index contributed by atoms with van der Waals surface area (Å²) < 4.78 is 5.92. The van der Waals surface area contributed by atoms with Crippen LogP contribution in [-0.2, 0) is 0 Å². The number of para-hydroxylation sites is 2. The van der Waals surface area contributed by atoms with Gasteiger partial charge in [-0.15, -0.1) is 0 Å². The number of aliphatic hydroxyl groups is 2. The van der Waals surface area contributed by atoms with E-state index < -0.39 is 5.54 Å². The zero-order chi connectivity index (χ0) is 14.9. The molecule has 0 spiro atoms. The fraction of sp³-hybridized carbons (Fsp3) is 0.294. The monoisotopic (exact) mass is 285 g/mol. The zero-order valence-electron chi connectivity index (χ0n) is 11.9. The van der Waals surface area contributed by atoms with Crippen LogP contribution in [0.2, 0.25) is 0 Å². The molecule has 4 nitrogen and oxygen atoms in total. The molecule has 0 unspecified atom stereocenters. The molecule has 3 rings (SSSR count). The highest BCUT2D eigenvalue weighted by Gasteiger charge is 2.33. The Bertz CT molecular complexity index is 592. The van der Waals surface area contributed by atoms with Gasteiger partial charge in [0.1, 0.15) is 11.5 Å². The van der Waals surface area contributed by atoms with Gasteiger partial charge in [-0.25, -0.2) is 0 Å². The van der Waals surface area contributed by atoms with Gasteiger partial charge in [0.15, 0.2) is 0 Å². The molecule has 0 aliphatic carbocycles. The minimum atomic E-state index is -0.762. The number of hydrogen-bond acceptors (Lipinski definition) is 4. The third-order valence-electron chi connectivity index (χ3n) is 3.87. The first-order valence-electron chi connectivity index (χ1n) is 7.02. The third-order valence-corrected chi connectivity index (χ3v) is 3.87. The molecule has 2 aromatic rings. The standard InChI is InChI=1S/C17H19NO3/c1-17(10-19,11-20)18-16-12-6-2-4-8-14(12)21-15-9-5-3-7-13(15)16/h2-9,16,18-20H,10-11H2,1H3. The largest absolute Gasteiger partial charge is 0.457 e. The minimum absolute atomic E-state index is 0.129. The van der Waals surface area contributed by atoms with Gasteiger partial charge in [-0.05, 0) is 19.1 Å². The lowest BCUT2D eigenvalue weighted by molar-refractivity contribution is 0.0967. The average Bonchev–Trinajstić information content (AvgIpc) is 2.54. The second-order valence-electron chi connectivity index (χ2n) is 5.63. The van der Waals surface area contributed by atoms with Gasteiger partial charge in [-0.3, -0.25) is 5.32 Å². The number of rotatable bonds is 4. The lowest BCUT2D eigenvalue weighted by Crippen LogP contribution is -2.51. The van der Waals surface area contributed by atoms with Crippen molar-refractivity contribution in [1.29, 1.82) is 0 Å². The molecule has 2 aromatic carbocycles. The molecular formula is C17H19NO3. The molecule has 110 valence electrons. The highest BCUT2D eigenvalue weighted by molar-refractivity contribution is 5.53. The number of fused-ring (bicyclic) bond motifs is 2. The topological polar surface area (TPSA) is 61.7 Å². The van der Waals surface area contributed by atoms with E-state index in [1.807, 2.05) is 48.5 Å². The molecule has 0 saturated heterocycles. The summed E-state index contributed by atoms with van der Waals surface area (Å²) in [5.41, 5.74) is 1.25. The van der Waals surface area contributed by atoms with Crippen molar-refractivity contribution in [3.05, 3.63) is 59.7 Å². The van der Waals surface area contributed by atoms with Crippen LogP contribution in [0.4, 0.5) is 0 Å². The van der Waals surface area contributed by atoms with E-state index in [4.69, 9.17) is 4.74 Å². The number of aliphatic hydroxyl groups excluding tert-OH is 2. The van der Waals surface area contributed by atoms with Gasteiger partial charge in [0.25, 0.3) is 0 Å². The van der Waals surface area contributed by atoms with E-state index in [0.717, 1.165) is 22.6 Å². The Morgan fingerprint density at radius 2 is 1.43 bits per heavy atom. The summed E-state index contributed by atoms with van der Waals surface area (Å²) in [6, 6.07) is 15.5. The normalized spacial score (nSPS) is 14.2. The maximum atomic E-state index is 9.56. The van der Waals surface area contributed by atoms with E-state index in [0.29, 0.717) is 0 Å². The van der Waals surface area contributed by atoms with Crippen LogP contribution in [0.15, 0.2) is 48.5 Å². The number of hydrogen-bond donors (Lipinski definition) is 3. The average molecular weight is 285 g/mol. The van der Waals surface area contributed by atoms with Crippen molar-refractivity contribution in [1.82, 2.24) is 5.32 Å². The van der Waals surface area contributed by atoms with Gasteiger partial charge in [0.2, 0.25) is 0 Å². The molecule has 0 amide bonds. The second-order valence-corrected chi connectivity index (χ2v) is 5.63. The molecule has 21 heavy (non-hydrogen) atoms. The Balaban J connectivity index is 2.06. The summed E-state index contributed by atoms with van der Waals surface area (Å²) in [7, 11) is 0. The first-order chi connectivity index (χ1) is 10.2. The molecule has 1 aliphatic heterocycles. The van der Waals surface area contributed by atoms with E-state index in [-0.39, 0.29) is 19.3 Å². The first kappa shape index (κ1) is 14.1. The molecule has 0 fully saturated rings. The third kappa shape index (κ3) is 2.53. The smallest absolute Gasteiger partial charge is 0.132 e. The molecule has 1 heterocycles. The molecular weight excluding hydrogens is 266 g/mol. The lowest BCUT2D eigenvalue weighted by atomic mass is 9.91. The Morgan fingerprint density at radius 1 is 0.952 bits per heavy atom. The fourth-order valence-corrected chi connectivity index (χ4v) is 2.56. The van der Waals surface area contributed by atoms with Crippen LogP contribution in [0, 0.1) is 0 Å². The number of ether oxygens (including phenoxy) is 1. The predicted molar refractivity (Wildman–Crippen MR) is 80.5 cm³/mol. The summed E-state index contributed by atoms with van der Waals surface area (Å²) in [4.78, 5) is 0. The minimum Gasteiger partial charge on any atom is -0.457 e. The fourth-order valence-electron chi connectivity index (χ4n) is 2.56. The van der Waals surface area contributed by atoms with Crippen LogP contribution >= 0.6 is 0 Å². The van der Waals surface area contributed by atoms with Gasteiger partial charge in [0.05, 0.1) is 24.8 Å². The van der Waals surface area contributed by atoms with Gasteiger partial charge in [0, 0.05) is 11.1 Å². The van der Waals surface area contributed by atoms with Crippen molar-refractivity contribution < 1.29 is 14.9 Å². The molecule has 0 aromatic heterocycles. The summed E-state index contributed by atoms with van der Waals surface area (Å²) >= 11 is 0. The number of benzene rings is 2. The first-order valence-corrected chi connectivity index (χ1v) is 7.02. The second kappa shape index (κ2) is 5.48. The summed E-state index contributed by atoms with van der Waals surface area (Å²) in [6.45, 7) is 1.50. The predicted octanol–water partition coefficient (Wildman–Crippen LogP) is 2.21. The lowest BCUT2D eigenvalue weighted by Gasteiger charge is -2.36. The summed E-state index contributed by atoms with van der Waals surface area (Å²) in [5.74, 6) is 1.60. The van der Waals surface area contributed by atoms with Crippen LogP contribution in [0.5, 0.6) is 11.5 Å². The van der Waals surface area contributed by atoms with Crippen molar-refractivity contribution in [2.75, 3.05) is 13.2 Å². The molecule has 0 atom stereocenters. The van der Waals surface area contributed by atoms with Crippen LogP contribution in [-0.4, -0.2) is 29.0 Å². The van der Waals surface area contributed by atoms with Crippen LogP contribution in [0.25, 0.3) is 0 Å². The van der Waals surface area contributed by atoms with Crippen molar-refractivity contribution >= 4 is 0 Å².